The van der Waals surface area contributed by atoms with Gasteiger partial charge in [0.2, 0.25) is 0 Å². The third-order valence-electron chi connectivity index (χ3n) is 6.90. The summed E-state index contributed by atoms with van der Waals surface area (Å²) in [5.74, 6) is -2.36. The summed E-state index contributed by atoms with van der Waals surface area (Å²) in [7, 11) is 0. The van der Waals surface area contributed by atoms with Crippen LogP contribution in [0.4, 0.5) is 13.2 Å². The van der Waals surface area contributed by atoms with Gasteiger partial charge in [0.1, 0.15) is 12.2 Å². The monoisotopic (exact) mass is 667 g/mol. The van der Waals surface area contributed by atoms with Crippen LogP contribution in [-0.4, -0.2) is 46.7 Å². The van der Waals surface area contributed by atoms with Crippen molar-refractivity contribution >= 4 is 34.9 Å². The van der Waals surface area contributed by atoms with Crippen molar-refractivity contribution in [3.05, 3.63) is 116 Å². The summed E-state index contributed by atoms with van der Waals surface area (Å²) in [6, 6.07) is 16.0. The van der Waals surface area contributed by atoms with Crippen LogP contribution in [0.3, 0.4) is 0 Å². The summed E-state index contributed by atoms with van der Waals surface area (Å²) in [4.78, 5) is 32.4. The Bertz CT molecular complexity index is 1980. The van der Waals surface area contributed by atoms with Crippen molar-refractivity contribution in [1.82, 2.24) is 40.3 Å². The van der Waals surface area contributed by atoms with E-state index in [9.17, 15) is 28.0 Å². The van der Waals surface area contributed by atoms with E-state index in [0.29, 0.717) is 20.9 Å². The number of hydrogen-bond donors (Lipinski definition) is 1. The minimum Gasteiger partial charge on any atom is -0.346 e. The largest absolute Gasteiger partial charge is 0.455 e. The van der Waals surface area contributed by atoms with Gasteiger partial charge in [-0.3, -0.25) is 9.59 Å². The average molecular weight is 668 g/mol. The summed E-state index contributed by atoms with van der Waals surface area (Å²) < 4.78 is 40.2. The fourth-order valence-electron chi connectivity index (χ4n) is 4.65. The van der Waals surface area contributed by atoms with Crippen molar-refractivity contribution in [2.45, 2.75) is 39.0 Å². The highest BCUT2D eigenvalue weighted by Gasteiger charge is 2.37. The first-order valence-electron chi connectivity index (χ1n) is 13.5. The van der Waals surface area contributed by atoms with Crippen molar-refractivity contribution in [1.29, 1.82) is 5.26 Å². The first-order chi connectivity index (χ1) is 21.8. The van der Waals surface area contributed by atoms with E-state index in [1.165, 1.54) is 29.1 Å². The van der Waals surface area contributed by atoms with Gasteiger partial charge in [0, 0.05) is 23.2 Å². The van der Waals surface area contributed by atoms with E-state index in [0.717, 1.165) is 5.56 Å². The number of aryl methyl sites for hydroxylation is 1. The molecule has 11 nitrogen and oxygen atoms in total. The Balaban J connectivity index is 1.50. The molecule has 0 aliphatic heterocycles. The number of nitriles is 1. The van der Waals surface area contributed by atoms with Gasteiger partial charge in [-0.2, -0.15) is 28.3 Å². The Kier molecular flexibility index (Phi) is 9.17. The van der Waals surface area contributed by atoms with E-state index >= 15 is 0 Å². The number of carbonyl (C=O) groups is 2. The smallest absolute Gasteiger partial charge is 0.346 e. The zero-order chi connectivity index (χ0) is 33.2. The molecule has 16 heteroatoms. The highest BCUT2D eigenvalue weighted by Crippen LogP contribution is 2.26. The molecule has 1 unspecified atom stereocenters. The van der Waals surface area contributed by atoms with Crippen LogP contribution in [0.5, 0.6) is 0 Å². The van der Waals surface area contributed by atoms with Crippen LogP contribution in [0.2, 0.25) is 10.0 Å². The maximum atomic E-state index is 13.9. The molecule has 2 aromatic carbocycles. The number of rotatable bonds is 9. The maximum Gasteiger partial charge on any atom is 0.455 e. The Hall–Kier alpha value is -5.13. The quantitative estimate of drug-likeness (QED) is 0.196. The minimum absolute atomic E-state index is 0.0172. The van der Waals surface area contributed by atoms with E-state index in [-0.39, 0.29) is 46.3 Å². The van der Waals surface area contributed by atoms with Crippen LogP contribution in [0.25, 0.3) is 5.82 Å². The van der Waals surface area contributed by atoms with Crippen LogP contribution in [0, 0.1) is 18.3 Å². The number of alkyl halides is 3. The number of pyridine rings is 1. The van der Waals surface area contributed by atoms with Gasteiger partial charge >= 0.3 is 6.18 Å². The highest BCUT2D eigenvalue weighted by molar-refractivity contribution is 6.32. The SMILES string of the molecule is Cc1cc(C#N)cc(C(=O)NC(C)c2ccc(Cl)cc2)c1CC(=O)c1cc(Cn2nnc(C(F)(F)F)n2)nn1-c1ncccc1Cl. The molecule has 0 aliphatic rings. The number of amides is 1. The summed E-state index contributed by atoms with van der Waals surface area (Å²) in [5, 5.41) is 27.3. The summed E-state index contributed by atoms with van der Waals surface area (Å²) in [6.07, 6.45) is -3.67. The molecular formula is C30H22Cl2F3N9O2. The molecule has 0 radical (unpaired) electrons. The molecule has 5 rings (SSSR count). The van der Waals surface area contributed by atoms with Crippen LogP contribution >= 0.6 is 23.2 Å². The molecule has 46 heavy (non-hydrogen) atoms. The molecule has 1 atom stereocenters. The lowest BCUT2D eigenvalue weighted by atomic mass is 9.93. The summed E-state index contributed by atoms with van der Waals surface area (Å²) in [6.45, 7) is 3.11. The van der Waals surface area contributed by atoms with Crippen molar-refractivity contribution in [2.75, 3.05) is 0 Å². The molecule has 3 aromatic heterocycles. The van der Waals surface area contributed by atoms with E-state index in [1.807, 2.05) is 6.07 Å². The lowest BCUT2D eigenvalue weighted by Crippen LogP contribution is -2.28. The van der Waals surface area contributed by atoms with Gasteiger partial charge in [-0.1, -0.05) is 35.3 Å². The van der Waals surface area contributed by atoms with Crippen LogP contribution in [0.1, 0.15) is 67.6 Å². The number of ketones is 1. The third kappa shape index (κ3) is 7.06. The van der Waals surface area contributed by atoms with Gasteiger partial charge in [0.05, 0.1) is 28.4 Å². The molecule has 3 heterocycles. The number of nitrogens with one attached hydrogen (secondary N) is 1. The standard InChI is InChI=1S/C30H22Cl2F3N9O2/c1-16-10-18(14-36)11-23(28(46)38-17(2)19-5-7-20(31)8-6-19)22(16)13-26(45)25-12-21(15-43-41-29(39-42-43)30(33,34)35)40-44(25)27-24(32)4-3-9-37-27/h3-12,17H,13,15H2,1-2H3,(H,38,46). The lowest BCUT2D eigenvalue weighted by molar-refractivity contribution is -0.145. The fourth-order valence-corrected chi connectivity index (χ4v) is 4.98. The van der Waals surface area contributed by atoms with Gasteiger partial charge in [-0.15, -0.1) is 10.2 Å². The average Bonchev–Trinajstić information content (AvgIpc) is 3.66. The molecule has 234 valence electrons. The highest BCUT2D eigenvalue weighted by atomic mass is 35.5. The first kappa shape index (κ1) is 32.3. The van der Waals surface area contributed by atoms with E-state index in [1.54, 1.807) is 50.2 Å². The molecule has 0 fully saturated rings. The molecule has 0 aliphatic carbocycles. The van der Waals surface area contributed by atoms with Gasteiger partial charge in [0.15, 0.2) is 11.6 Å². The first-order valence-corrected chi connectivity index (χ1v) is 14.3. The van der Waals surface area contributed by atoms with Crippen molar-refractivity contribution in [3.8, 4) is 11.9 Å². The molecule has 0 spiro atoms. The second kappa shape index (κ2) is 13.1. The van der Waals surface area contributed by atoms with E-state index < -0.39 is 29.7 Å². The van der Waals surface area contributed by atoms with Gasteiger partial charge in [0.25, 0.3) is 11.7 Å². The maximum absolute atomic E-state index is 13.9. The summed E-state index contributed by atoms with van der Waals surface area (Å²) >= 11 is 12.3. The molecule has 1 N–H and O–H groups in total. The van der Waals surface area contributed by atoms with Crippen LogP contribution in [-0.2, 0) is 19.1 Å². The number of carbonyl (C=O) groups excluding carboxylic acids is 2. The number of nitrogens with zero attached hydrogens (tertiary/aromatic N) is 8. The molecule has 1 amide bonds. The van der Waals surface area contributed by atoms with E-state index in [4.69, 9.17) is 23.2 Å². The van der Waals surface area contributed by atoms with Crippen molar-refractivity contribution < 1.29 is 22.8 Å². The van der Waals surface area contributed by atoms with Gasteiger partial charge < -0.3 is 5.32 Å². The Labute approximate surface area is 269 Å². The third-order valence-corrected chi connectivity index (χ3v) is 7.44. The molecular weight excluding hydrogens is 646 g/mol. The Morgan fingerprint density at radius 3 is 2.48 bits per heavy atom. The Morgan fingerprint density at radius 1 is 1.09 bits per heavy atom. The lowest BCUT2D eigenvalue weighted by Gasteiger charge is -2.18. The number of hydrogen-bond acceptors (Lipinski definition) is 8. The summed E-state index contributed by atoms with van der Waals surface area (Å²) in [5.41, 5.74) is 2.11. The zero-order valence-corrected chi connectivity index (χ0v) is 25.6. The Morgan fingerprint density at radius 2 is 1.83 bits per heavy atom. The molecule has 0 saturated heterocycles. The zero-order valence-electron chi connectivity index (χ0n) is 24.0. The van der Waals surface area contributed by atoms with Crippen LogP contribution < -0.4 is 5.32 Å². The predicted molar refractivity (Wildman–Crippen MR) is 160 cm³/mol. The molecule has 5 aromatic rings. The number of benzene rings is 2. The molecule has 0 bridgehead atoms. The minimum atomic E-state index is -4.80. The van der Waals surface area contributed by atoms with Gasteiger partial charge in [-0.05, 0) is 78.2 Å². The van der Waals surface area contributed by atoms with Crippen LogP contribution in [0.15, 0.2) is 60.8 Å². The second-order valence-electron chi connectivity index (χ2n) is 10.2. The molecule has 0 saturated carbocycles. The number of aromatic nitrogens is 7. The number of Topliss-reactive ketones (excluding diaryl/α,β-unsaturated/α-hetero) is 1. The topological polar surface area (TPSA) is 144 Å². The predicted octanol–water partition coefficient (Wildman–Crippen LogP) is 5.72. The van der Waals surface area contributed by atoms with Crippen molar-refractivity contribution in [3.63, 3.8) is 0 Å². The second-order valence-corrected chi connectivity index (χ2v) is 11.0. The fraction of sp³-hybridized carbons (Fsp3) is 0.200. The number of tetrazole rings is 1. The van der Waals surface area contributed by atoms with Gasteiger partial charge in [-0.25, -0.2) is 9.67 Å². The van der Waals surface area contributed by atoms with Crippen molar-refractivity contribution in [2.24, 2.45) is 0 Å². The normalized spacial score (nSPS) is 12.0. The van der Waals surface area contributed by atoms with E-state index in [2.05, 4.69) is 30.8 Å². The number of halogens is 5.